The number of halogens is 1. The summed E-state index contributed by atoms with van der Waals surface area (Å²) < 4.78 is 11.0. The zero-order valence-corrected chi connectivity index (χ0v) is 11.0. The fourth-order valence-electron chi connectivity index (χ4n) is 1.41. The molecule has 18 heavy (non-hydrogen) atoms. The quantitative estimate of drug-likeness (QED) is 0.939. The molecule has 1 aromatic heterocycles. The number of carboxylic acids is 1. The summed E-state index contributed by atoms with van der Waals surface area (Å²) >= 11 is 3.35. The molecule has 0 radical (unpaired) electrons. The van der Waals surface area contributed by atoms with Crippen LogP contribution in [0.1, 0.15) is 6.92 Å². The van der Waals surface area contributed by atoms with Crippen LogP contribution in [0.15, 0.2) is 39.7 Å². The highest BCUT2D eigenvalue weighted by molar-refractivity contribution is 9.10. The minimum atomic E-state index is -1.02. The SMILES string of the molecule is C[C@H](Oc1ccc(Br)cc1-c1cnoc1)C(=O)O. The van der Waals surface area contributed by atoms with Crippen molar-refractivity contribution in [1.29, 1.82) is 0 Å². The predicted octanol–water partition coefficient (Wildman–Crippen LogP) is 2.96. The molecule has 5 nitrogen and oxygen atoms in total. The van der Waals surface area contributed by atoms with Crippen molar-refractivity contribution in [1.82, 2.24) is 5.16 Å². The minimum absolute atomic E-state index is 0.469. The first-order chi connectivity index (χ1) is 8.58. The molecule has 1 atom stereocenters. The summed E-state index contributed by atoms with van der Waals surface area (Å²) in [6.45, 7) is 1.47. The molecule has 0 amide bonds. The predicted molar refractivity (Wildman–Crippen MR) is 67.4 cm³/mol. The van der Waals surface area contributed by atoms with Gasteiger partial charge in [-0.3, -0.25) is 0 Å². The highest BCUT2D eigenvalue weighted by atomic mass is 79.9. The van der Waals surface area contributed by atoms with Gasteiger partial charge in [0.15, 0.2) is 6.10 Å². The van der Waals surface area contributed by atoms with Crippen LogP contribution >= 0.6 is 15.9 Å². The lowest BCUT2D eigenvalue weighted by molar-refractivity contribution is -0.144. The minimum Gasteiger partial charge on any atom is -0.479 e. The highest BCUT2D eigenvalue weighted by Gasteiger charge is 2.16. The third-order valence-corrected chi connectivity index (χ3v) is 2.83. The Labute approximate surface area is 111 Å². The molecule has 0 spiro atoms. The molecule has 0 bridgehead atoms. The number of nitrogens with zero attached hydrogens (tertiary/aromatic N) is 1. The first kappa shape index (κ1) is 12.6. The second kappa shape index (κ2) is 5.22. The van der Waals surface area contributed by atoms with E-state index in [9.17, 15) is 4.79 Å². The number of carboxylic acid groups (broad SMARTS) is 1. The van der Waals surface area contributed by atoms with Gasteiger partial charge in [0.2, 0.25) is 0 Å². The monoisotopic (exact) mass is 311 g/mol. The van der Waals surface area contributed by atoms with Crippen LogP contribution in [0.25, 0.3) is 11.1 Å². The molecule has 0 saturated heterocycles. The van der Waals surface area contributed by atoms with E-state index in [1.807, 2.05) is 6.07 Å². The number of hydrogen-bond acceptors (Lipinski definition) is 4. The lowest BCUT2D eigenvalue weighted by atomic mass is 10.1. The van der Waals surface area contributed by atoms with Gasteiger partial charge in [-0.05, 0) is 25.1 Å². The molecule has 2 rings (SSSR count). The third kappa shape index (κ3) is 2.70. The van der Waals surface area contributed by atoms with E-state index in [0.717, 1.165) is 15.6 Å². The summed E-state index contributed by atoms with van der Waals surface area (Å²) in [4.78, 5) is 10.8. The maximum atomic E-state index is 10.8. The van der Waals surface area contributed by atoms with E-state index in [1.54, 1.807) is 18.3 Å². The molecule has 0 saturated carbocycles. The lowest BCUT2D eigenvalue weighted by Gasteiger charge is -2.13. The summed E-state index contributed by atoms with van der Waals surface area (Å²) in [7, 11) is 0. The fraction of sp³-hybridized carbons (Fsp3) is 0.167. The van der Waals surface area contributed by atoms with Gasteiger partial charge in [0.25, 0.3) is 0 Å². The van der Waals surface area contributed by atoms with Gasteiger partial charge in [-0.15, -0.1) is 0 Å². The van der Waals surface area contributed by atoms with Gasteiger partial charge in [-0.25, -0.2) is 4.79 Å². The maximum absolute atomic E-state index is 10.8. The van der Waals surface area contributed by atoms with Crippen LogP contribution in [0.3, 0.4) is 0 Å². The van der Waals surface area contributed by atoms with Crippen molar-refractivity contribution in [2.24, 2.45) is 0 Å². The van der Waals surface area contributed by atoms with E-state index in [1.165, 1.54) is 13.2 Å². The Hall–Kier alpha value is -1.82. The van der Waals surface area contributed by atoms with E-state index in [2.05, 4.69) is 21.1 Å². The second-order valence-corrected chi connectivity index (χ2v) is 4.57. The molecule has 1 N–H and O–H groups in total. The van der Waals surface area contributed by atoms with Crippen molar-refractivity contribution >= 4 is 21.9 Å². The molecule has 94 valence electrons. The van der Waals surface area contributed by atoms with Gasteiger partial charge in [0, 0.05) is 15.6 Å². The normalized spacial score (nSPS) is 12.1. The van der Waals surface area contributed by atoms with Crippen LogP contribution < -0.4 is 4.74 Å². The van der Waals surface area contributed by atoms with Crippen LogP contribution in [0.5, 0.6) is 5.75 Å². The van der Waals surface area contributed by atoms with E-state index < -0.39 is 12.1 Å². The largest absolute Gasteiger partial charge is 0.479 e. The number of aliphatic carboxylic acids is 1. The molecule has 0 unspecified atom stereocenters. The van der Waals surface area contributed by atoms with Crippen LogP contribution in [0.4, 0.5) is 0 Å². The van der Waals surface area contributed by atoms with E-state index in [4.69, 9.17) is 14.4 Å². The molecule has 1 aromatic carbocycles. The van der Waals surface area contributed by atoms with Gasteiger partial charge in [0.05, 0.1) is 6.20 Å². The third-order valence-electron chi connectivity index (χ3n) is 2.34. The number of aromatic nitrogens is 1. The van der Waals surface area contributed by atoms with Crippen molar-refractivity contribution in [2.75, 3.05) is 0 Å². The van der Waals surface area contributed by atoms with Crippen molar-refractivity contribution < 1.29 is 19.2 Å². The molecular weight excluding hydrogens is 302 g/mol. The summed E-state index contributed by atoms with van der Waals surface area (Å²) in [5.41, 5.74) is 1.45. The number of benzene rings is 1. The van der Waals surface area contributed by atoms with E-state index >= 15 is 0 Å². The summed E-state index contributed by atoms with van der Waals surface area (Å²) in [6, 6.07) is 5.29. The molecule has 2 aromatic rings. The van der Waals surface area contributed by atoms with Crippen LogP contribution in [-0.4, -0.2) is 22.3 Å². The van der Waals surface area contributed by atoms with Gasteiger partial charge < -0.3 is 14.4 Å². The summed E-state index contributed by atoms with van der Waals surface area (Å²) in [6.07, 6.45) is 2.09. The smallest absolute Gasteiger partial charge is 0.344 e. The Morgan fingerprint density at radius 1 is 1.56 bits per heavy atom. The van der Waals surface area contributed by atoms with Crippen molar-refractivity contribution in [3.8, 4) is 16.9 Å². The topological polar surface area (TPSA) is 72.6 Å². The van der Waals surface area contributed by atoms with Gasteiger partial charge in [-0.1, -0.05) is 21.1 Å². The first-order valence-electron chi connectivity index (χ1n) is 5.16. The Morgan fingerprint density at radius 2 is 2.33 bits per heavy atom. The Balaban J connectivity index is 2.38. The van der Waals surface area contributed by atoms with Crippen molar-refractivity contribution in [3.05, 3.63) is 35.1 Å². The van der Waals surface area contributed by atoms with Gasteiger partial charge in [0.1, 0.15) is 12.0 Å². The van der Waals surface area contributed by atoms with Gasteiger partial charge in [-0.2, -0.15) is 0 Å². The average Bonchev–Trinajstić information content (AvgIpc) is 2.84. The Bertz CT molecular complexity index is 553. The van der Waals surface area contributed by atoms with Gasteiger partial charge >= 0.3 is 5.97 Å². The summed E-state index contributed by atoms with van der Waals surface area (Å²) in [5, 5.41) is 12.5. The molecule has 6 heteroatoms. The maximum Gasteiger partial charge on any atom is 0.344 e. The zero-order valence-electron chi connectivity index (χ0n) is 9.46. The fourth-order valence-corrected chi connectivity index (χ4v) is 1.77. The highest BCUT2D eigenvalue weighted by Crippen LogP contribution is 2.33. The molecule has 0 aliphatic carbocycles. The Morgan fingerprint density at radius 3 is 2.94 bits per heavy atom. The molecular formula is C12H10BrNO4. The summed E-state index contributed by atoms with van der Waals surface area (Å²) in [5.74, 6) is -0.550. The lowest BCUT2D eigenvalue weighted by Crippen LogP contribution is -2.23. The average molecular weight is 312 g/mol. The van der Waals surface area contributed by atoms with Crippen molar-refractivity contribution in [2.45, 2.75) is 13.0 Å². The zero-order chi connectivity index (χ0) is 13.1. The van der Waals surface area contributed by atoms with E-state index in [0.29, 0.717) is 5.75 Å². The Kier molecular flexibility index (Phi) is 3.66. The number of hydrogen-bond donors (Lipinski definition) is 1. The van der Waals surface area contributed by atoms with Crippen LogP contribution in [-0.2, 0) is 4.79 Å². The number of ether oxygens (including phenoxy) is 1. The van der Waals surface area contributed by atoms with Crippen molar-refractivity contribution in [3.63, 3.8) is 0 Å². The number of rotatable bonds is 4. The van der Waals surface area contributed by atoms with Crippen LogP contribution in [0.2, 0.25) is 0 Å². The number of carbonyl (C=O) groups is 1. The molecule has 1 heterocycles. The van der Waals surface area contributed by atoms with E-state index in [-0.39, 0.29) is 0 Å². The standard InChI is InChI=1S/C12H10BrNO4/c1-7(12(15)16)18-11-3-2-9(13)4-10(11)8-5-14-17-6-8/h2-7H,1H3,(H,15,16)/t7-/m0/s1. The molecule has 0 aliphatic rings. The van der Waals surface area contributed by atoms with Crippen LogP contribution in [0, 0.1) is 0 Å². The second-order valence-electron chi connectivity index (χ2n) is 3.65. The molecule has 0 fully saturated rings. The molecule has 0 aliphatic heterocycles. The first-order valence-corrected chi connectivity index (χ1v) is 5.96.